The van der Waals surface area contributed by atoms with Crippen LogP contribution in [0.15, 0.2) is 47.7 Å². The normalized spacial score (nSPS) is 10.9. The Morgan fingerprint density at radius 2 is 2.00 bits per heavy atom. The minimum absolute atomic E-state index is 0. The fourth-order valence-electron chi connectivity index (χ4n) is 1.99. The van der Waals surface area contributed by atoms with Crippen molar-refractivity contribution in [2.24, 2.45) is 4.99 Å². The molecule has 6 heteroatoms. The molecule has 0 aliphatic heterocycles. The second-order valence-electron chi connectivity index (χ2n) is 4.96. The molecule has 0 amide bonds. The molecular weight excluding hydrogens is 389 g/mol. The highest BCUT2D eigenvalue weighted by molar-refractivity contribution is 14.0. The number of hydrogen-bond donors (Lipinski definition) is 2. The number of aliphatic imine (C=N–C) groups is 1. The Balaban J connectivity index is 0.00000242. The maximum Gasteiger partial charge on any atom is 0.191 e. The van der Waals surface area contributed by atoms with Gasteiger partial charge in [0.2, 0.25) is 0 Å². The molecule has 0 aliphatic rings. The Labute approximate surface area is 149 Å². The highest BCUT2D eigenvalue weighted by Crippen LogP contribution is 2.02. The van der Waals surface area contributed by atoms with E-state index in [0.717, 1.165) is 32.0 Å². The number of hydrogen-bond acceptors (Lipinski definition) is 2. The van der Waals surface area contributed by atoms with E-state index in [2.05, 4.69) is 51.9 Å². The summed E-state index contributed by atoms with van der Waals surface area (Å²) in [6, 6.07) is 10.4. The van der Waals surface area contributed by atoms with Crippen LogP contribution in [0.2, 0.25) is 0 Å². The van der Waals surface area contributed by atoms with Crippen LogP contribution in [-0.2, 0) is 13.1 Å². The number of aryl methyl sites for hydroxylation is 2. The van der Waals surface area contributed by atoms with Crippen molar-refractivity contribution in [1.29, 1.82) is 0 Å². The molecule has 5 nitrogen and oxygen atoms in total. The monoisotopic (exact) mass is 413 g/mol. The summed E-state index contributed by atoms with van der Waals surface area (Å²) in [5.41, 5.74) is 2.53. The lowest BCUT2D eigenvalue weighted by atomic mass is 10.1. The summed E-state index contributed by atoms with van der Waals surface area (Å²) in [6.45, 7) is 4.65. The van der Waals surface area contributed by atoms with E-state index < -0.39 is 0 Å². The standard InChI is InChI=1S/C16H23N5.HI/c1-14-5-7-15(8-6-14)13-19-16(17-2)18-9-3-11-21-12-4-10-20-21;/h4-8,10,12H,3,9,11,13H2,1-2H3,(H2,17,18,19);1H. The van der Waals surface area contributed by atoms with Gasteiger partial charge in [0.1, 0.15) is 0 Å². The van der Waals surface area contributed by atoms with Crippen molar-refractivity contribution in [3.8, 4) is 0 Å². The van der Waals surface area contributed by atoms with Gasteiger partial charge in [-0.2, -0.15) is 5.10 Å². The molecule has 0 saturated heterocycles. The van der Waals surface area contributed by atoms with Gasteiger partial charge in [-0.3, -0.25) is 9.67 Å². The van der Waals surface area contributed by atoms with E-state index in [1.165, 1.54) is 11.1 Å². The van der Waals surface area contributed by atoms with Crippen LogP contribution >= 0.6 is 24.0 Å². The summed E-state index contributed by atoms with van der Waals surface area (Å²) in [5.74, 6) is 0.830. The zero-order valence-electron chi connectivity index (χ0n) is 13.1. The molecular formula is C16H24IN5. The molecule has 0 atom stereocenters. The van der Waals surface area contributed by atoms with Crippen LogP contribution in [-0.4, -0.2) is 29.3 Å². The summed E-state index contributed by atoms with van der Waals surface area (Å²) in [6.07, 6.45) is 4.78. The van der Waals surface area contributed by atoms with Crippen LogP contribution in [0.3, 0.4) is 0 Å². The van der Waals surface area contributed by atoms with Gasteiger partial charge in [-0.1, -0.05) is 29.8 Å². The van der Waals surface area contributed by atoms with E-state index in [0.29, 0.717) is 0 Å². The average Bonchev–Trinajstić information content (AvgIpc) is 3.01. The summed E-state index contributed by atoms with van der Waals surface area (Å²) < 4.78 is 1.93. The molecule has 0 bridgehead atoms. The molecule has 0 saturated carbocycles. The predicted octanol–water partition coefficient (Wildman–Crippen LogP) is 2.56. The third-order valence-corrected chi connectivity index (χ3v) is 3.22. The minimum atomic E-state index is 0. The first-order valence-electron chi connectivity index (χ1n) is 7.25. The van der Waals surface area contributed by atoms with Gasteiger partial charge in [0.15, 0.2) is 5.96 Å². The van der Waals surface area contributed by atoms with Gasteiger partial charge in [-0.05, 0) is 25.0 Å². The van der Waals surface area contributed by atoms with Crippen molar-refractivity contribution in [3.05, 3.63) is 53.9 Å². The van der Waals surface area contributed by atoms with Crippen LogP contribution in [0, 0.1) is 6.92 Å². The average molecular weight is 413 g/mol. The third-order valence-electron chi connectivity index (χ3n) is 3.22. The Hall–Kier alpha value is -1.57. The molecule has 120 valence electrons. The number of nitrogens with one attached hydrogen (secondary N) is 2. The number of aromatic nitrogens is 2. The van der Waals surface area contributed by atoms with Gasteiger partial charge >= 0.3 is 0 Å². The molecule has 2 aromatic rings. The lowest BCUT2D eigenvalue weighted by Crippen LogP contribution is -2.37. The summed E-state index contributed by atoms with van der Waals surface area (Å²) >= 11 is 0. The maximum atomic E-state index is 4.23. The molecule has 2 N–H and O–H groups in total. The van der Waals surface area contributed by atoms with E-state index >= 15 is 0 Å². The first-order chi connectivity index (χ1) is 10.3. The first-order valence-corrected chi connectivity index (χ1v) is 7.25. The Kier molecular flexibility index (Phi) is 8.57. The maximum absolute atomic E-state index is 4.23. The molecule has 0 spiro atoms. The fourth-order valence-corrected chi connectivity index (χ4v) is 1.99. The third kappa shape index (κ3) is 6.46. The highest BCUT2D eigenvalue weighted by Gasteiger charge is 1.98. The number of nitrogens with zero attached hydrogens (tertiary/aromatic N) is 3. The van der Waals surface area contributed by atoms with Crippen molar-refractivity contribution in [2.45, 2.75) is 26.4 Å². The summed E-state index contributed by atoms with van der Waals surface area (Å²) in [7, 11) is 1.79. The second kappa shape index (κ2) is 10.2. The van der Waals surface area contributed by atoms with Crippen molar-refractivity contribution >= 4 is 29.9 Å². The van der Waals surface area contributed by atoms with Crippen molar-refractivity contribution in [3.63, 3.8) is 0 Å². The molecule has 0 unspecified atom stereocenters. The van der Waals surface area contributed by atoms with Crippen LogP contribution in [0.1, 0.15) is 17.5 Å². The minimum Gasteiger partial charge on any atom is -0.356 e. The van der Waals surface area contributed by atoms with Crippen molar-refractivity contribution < 1.29 is 0 Å². The number of guanidine groups is 1. The Bertz CT molecular complexity index is 548. The van der Waals surface area contributed by atoms with Crippen LogP contribution in [0.25, 0.3) is 0 Å². The predicted molar refractivity (Wildman–Crippen MR) is 102 cm³/mol. The molecule has 0 fully saturated rings. The van der Waals surface area contributed by atoms with E-state index in [4.69, 9.17) is 0 Å². The van der Waals surface area contributed by atoms with Gasteiger partial charge in [0.05, 0.1) is 0 Å². The summed E-state index contributed by atoms with van der Waals surface area (Å²) in [4.78, 5) is 4.23. The van der Waals surface area contributed by atoms with Gasteiger partial charge < -0.3 is 10.6 Å². The molecule has 0 radical (unpaired) electrons. The quantitative estimate of drug-likeness (QED) is 0.331. The van der Waals surface area contributed by atoms with E-state index in [1.54, 1.807) is 13.2 Å². The van der Waals surface area contributed by atoms with Crippen molar-refractivity contribution in [1.82, 2.24) is 20.4 Å². The fraction of sp³-hybridized carbons (Fsp3) is 0.375. The van der Waals surface area contributed by atoms with Crippen LogP contribution in [0.4, 0.5) is 0 Å². The molecule has 22 heavy (non-hydrogen) atoms. The highest BCUT2D eigenvalue weighted by atomic mass is 127. The van der Waals surface area contributed by atoms with Gasteiger partial charge in [-0.15, -0.1) is 24.0 Å². The number of benzene rings is 1. The topological polar surface area (TPSA) is 54.2 Å². The first kappa shape index (κ1) is 18.5. The van der Waals surface area contributed by atoms with Gasteiger partial charge in [0.25, 0.3) is 0 Å². The van der Waals surface area contributed by atoms with Gasteiger partial charge in [-0.25, -0.2) is 0 Å². The Morgan fingerprint density at radius 3 is 2.64 bits per heavy atom. The van der Waals surface area contributed by atoms with Crippen LogP contribution in [0.5, 0.6) is 0 Å². The molecule has 2 rings (SSSR count). The smallest absolute Gasteiger partial charge is 0.191 e. The lowest BCUT2D eigenvalue weighted by molar-refractivity contribution is 0.570. The van der Waals surface area contributed by atoms with Gasteiger partial charge in [0, 0.05) is 39.1 Å². The largest absolute Gasteiger partial charge is 0.356 e. The SMILES string of the molecule is CN=C(NCCCn1cccn1)NCc1ccc(C)cc1.I. The zero-order valence-corrected chi connectivity index (χ0v) is 15.5. The van der Waals surface area contributed by atoms with E-state index in [9.17, 15) is 0 Å². The lowest BCUT2D eigenvalue weighted by Gasteiger charge is -2.12. The molecule has 1 heterocycles. The van der Waals surface area contributed by atoms with E-state index in [-0.39, 0.29) is 24.0 Å². The molecule has 0 aliphatic carbocycles. The molecule has 1 aromatic carbocycles. The zero-order chi connectivity index (χ0) is 14.9. The number of halogens is 1. The van der Waals surface area contributed by atoms with Crippen molar-refractivity contribution in [2.75, 3.05) is 13.6 Å². The van der Waals surface area contributed by atoms with Crippen LogP contribution < -0.4 is 10.6 Å². The molecule has 1 aromatic heterocycles. The Morgan fingerprint density at radius 1 is 1.23 bits per heavy atom. The number of rotatable bonds is 6. The second-order valence-corrected chi connectivity index (χ2v) is 4.96. The summed E-state index contributed by atoms with van der Waals surface area (Å²) in [5, 5.41) is 10.8. The van der Waals surface area contributed by atoms with E-state index in [1.807, 2.05) is 16.9 Å².